The molecule has 12 heavy (non-hydrogen) atoms. The van der Waals surface area contributed by atoms with E-state index in [2.05, 4.69) is 23.6 Å². The van der Waals surface area contributed by atoms with E-state index in [-0.39, 0.29) is 0 Å². The van der Waals surface area contributed by atoms with E-state index in [0.29, 0.717) is 18.8 Å². The molecule has 1 saturated heterocycles. The van der Waals surface area contributed by atoms with Crippen molar-refractivity contribution in [3.63, 3.8) is 0 Å². The average Bonchev–Trinajstić information content (AvgIpc) is 2.07. The molecule has 2 atom stereocenters. The molecule has 0 spiro atoms. The first-order chi connectivity index (χ1) is 5.74. The molecule has 72 valence electrons. The topological polar surface area (TPSA) is 47.7 Å². The zero-order chi connectivity index (χ0) is 8.97. The maximum absolute atomic E-state index is 5.49. The van der Waals surface area contributed by atoms with Crippen molar-refractivity contribution in [2.24, 2.45) is 5.90 Å². The van der Waals surface area contributed by atoms with Gasteiger partial charge in [-0.1, -0.05) is 0 Å². The van der Waals surface area contributed by atoms with Crippen LogP contribution < -0.4 is 5.90 Å². The van der Waals surface area contributed by atoms with Gasteiger partial charge in [0.25, 0.3) is 0 Å². The fourth-order valence-electron chi connectivity index (χ4n) is 1.45. The van der Waals surface area contributed by atoms with Crippen molar-refractivity contribution in [2.45, 2.75) is 26.0 Å². The van der Waals surface area contributed by atoms with E-state index >= 15 is 0 Å². The molecule has 0 amide bonds. The predicted octanol–water partition coefficient (Wildman–Crippen LogP) is -0.0141. The summed E-state index contributed by atoms with van der Waals surface area (Å²) in [6, 6.07) is 0.483. The predicted molar refractivity (Wildman–Crippen MR) is 46.6 cm³/mol. The van der Waals surface area contributed by atoms with E-state index in [4.69, 9.17) is 10.6 Å². The zero-order valence-corrected chi connectivity index (χ0v) is 7.82. The number of nitrogens with two attached hydrogens (primary N) is 1. The van der Waals surface area contributed by atoms with Gasteiger partial charge < -0.3 is 9.57 Å². The van der Waals surface area contributed by atoms with Crippen LogP contribution >= 0.6 is 0 Å². The molecular weight excluding hydrogens is 156 g/mol. The van der Waals surface area contributed by atoms with Gasteiger partial charge in [-0.15, -0.1) is 0 Å². The van der Waals surface area contributed by atoms with Crippen LogP contribution in [-0.4, -0.2) is 43.3 Å². The summed E-state index contributed by atoms with van der Waals surface area (Å²) >= 11 is 0. The van der Waals surface area contributed by atoms with Gasteiger partial charge in [-0.25, -0.2) is 5.90 Å². The maximum atomic E-state index is 5.49. The Balaban J connectivity index is 2.28. The fourth-order valence-corrected chi connectivity index (χ4v) is 1.45. The van der Waals surface area contributed by atoms with E-state index in [0.717, 1.165) is 19.7 Å². The van der Waals surface area contributed by atoms with Gasteiger partial charge in [-0.3, -0.25) is 4.90 Å². The van der Waals surface area contributed by atoms with Crippen molar-refractivity contribution < 1.29 is 9.57 Å². The van der Waals surface area contributed by atoms with Crippen molar-refractivity contribution in [2.75, 3.05) is 26.3 Å². The third kappa shape index (κ3) is 2.71. The van der Waals surface area contributed by atoms with Gasteiger partial charge in [0.05, 0.1) is 19.3 Å². The standard InChI is InChI=1S/C8H18N2O2/c1-7-6-11-8(2)5-10(7)3-4-12-9/h7-8H,3-6,9H2,1-2H3. The summed E-state index contributed by atoms with van der Waals surface area (Å²) in [6.45, 7) is 7.52. The minimum Gasteiger partial charge on any atom is -0.376 e. The van der Waals surface area contributed by atoms with E-state index in [1.54, 1.807) is 0 Å². The number of rotatable bonds is 3. The van der Waals surface area contributed by atoms with Gasteiger partial charge in [-0.2, -0.15) is 0 Å². The molecular formula is C8H18N2O2. The normalized spacial score (nSPS) is 32.2. The second-order valence-electron chi connectivity index (χ2n) is 3.36. The smallest absolute Gasteiger partial charge is 0.0806 e. The Morgan fingerprint density at radius 3 is 3.00 bits per heavy atom. The van der Waals surface area contributed by atoms with E-state index < -0.39 is 0 Å². The van der Waals surface area contributed by atoms with Gasteiger partial charge in [0.15, 0.2) is 0 Å². The SMILES string of the molecule is CC1CN(CCON)C(C)CO1. The van der Waals surface area contributed by atoms with E-state index in [9.17, 15) is 0 Å². The number of hydrogen-bond acceptors (Lipinski definition) is 4. The number of hydrogen-bond donors (Lipinski definition) is 1. The Morgan fingerprint density at radius 1 is 1.58 bits per heavy atom. The first-order valence-corrected chi connectivity index (χ1v) is 4.41. The summed E-state index contributed by atoms with van der Waals surface area (Å²) in [7, 11) is 0. The van der Waals surface area contributed by atoms with Gasteiger partial charge in [0.2, 0.25) is 0 Å². The molecule has 1 rings (SSSR count). The summed E-state index contributed by atoms with van der Waals surface area (Å²) < 4.78 is 5.49. The lowest BCUT2D eigenvalue weighted by Crippen LogP contribution is -2.48. The average molecular weight is 174 g/mol. The summed E-state index contributed by atoms with van der Waals surface area (Å²) in [4.78, 5) is 6.88. The Hall–Kier alpha value is -0.160. The quantitative estimate of drug-likeness (QED) is 0.611. The molecule has 4 heteroatoms. The molecule has 1 fully saturated rings. The molecule has 0 bridgehead atoms. The van der Waals surface area contributed by atoms with E-state index in [1.165, 1.54) is 0 Å². The molecule has 0 radical (unpaired) electrons. The van der Waals surface area contributed by atoms with Crippen molar-refractivity contribution in [3.8, 4) is 0 Å². The Labute approximate surface area is 73.6 Å². The highest BCUT2D eigenvalue weighted by molar-refractivity contribution is 4.74. The molecule has 0 aromatic rings. The van der Waals surface area contributed by atoms with Gasteiger partial charge in [-0.05, 0) is 13.8 Å². The van der Waals surface area contributed by atoms with Crippen LogP contribution in [-0.2, 0) is 9.57 Å². The lowest BCUT2D eigenvalue weighted by atomic mass is 10.2. The molecule has 0 saturated carbocycles. The van der Waals surface area contributed by atoms with Crippen molar-refractivity contribution in [1.82, 2.24) is 4.90 Å². The Morgan fingerprint density at radius 2 is 2.33 bits per heavy atom. The van der Waals surface area contributed by atoms with Gasteiger partial charge in [0.1, 0.15) is 0 Å². The molecule has 0 aromatic heterocycles. The van der Waals surface area contributed by atoms with Gasteiger partial charge >= 0.3 is 0 Å². The lowest BCUT2D eigenvalue weighted by molar-refractivity contribution is -0.0570. The lowest BCUT2D eigenvalue weighted by Gasteiger charge is -2.36. The minimum absolute atomic E-state index is 0.332. The molecule has 2 N–H and O–H groups in total. The molecule has 1 aliphatic heterocycles. The summed E-state index contributed by atoms with van der Waals surface area (Å²) in [5.74, 6) is 4.97. The highest BCUT2D eigenvalue weighted by Crippen LogP contribution is 2.10. The molecule has 4 nitrogen and oxygen atoms in total. The molecule has 1 heterocycles. The highest BCUT2D eigenvalue weighted by atomic mass is 16.6. The Kier molecular flexibility index (Phi) is 3.94. The largest absolute Gasteiger partial charge is 0.376 e. The van der Waals surface area contributed by atoms with Crippen LogP contribution in [0.4, 0.5) is 0 Å². The maximum Gasteiger partial charge on any atom is 0.0806 e. The summed E-state index contributed by atoms with van der Waals surface area (Å²) in [5, 5.41) is 0. The Bertz CT molecular complexity index is 132. The van der Waals surface area contributed by atoms with E-state index in [1.807, 2.05) is 0 Å². The molecule has 0 aromatic carbocycles. The number of morpholine rings is 1. The van der Waals surface area contributed by atoms with Crippen LogP contribution in [0.3, 0.4) is 0 Å². The fraction of sp³-hybridized carbons (Fsp3) is 1.00. The first-order valence-electron chi connectivity index (χ1n) is 4.41. The van der Waals surface area contributed by atoms with Crippen molar-refractivity contribution >= 4 is 0 Å². The van der Waals surface area contributed by atoms with Crippen LogP contribution in [0.1, 0.15) is 13.8 Å². The van der Waals surface area contributed by atoms with Crippen LogP contribution in [0.15, 0.2) is 0 Å². The highest BCUT2D eigenvalue weighted by Gasteiger charge is 2.22. The van der Waals surface area contributed by atoms with Gasteiger partial charge in [0, 0.05) is 19.1 Å². The van der Waals surface area contributed by atoms with Crippen molar-refractivity contribution in [3.05, 3.63) is 0 Å². The first kappa shape index (κ1) is 9.92. The second-order valence-corrected chi connectivity index (χ2v) is 3.36. The van der Waals surface area contributed by atoms with Crippen molar-refractivity contribution in [1.29, 1.82) is 0 Å². The van der Waals surface area contributed by atoms with Crippen LogP contribution in [0.2, 0.25) is 0 Å². The number of nitrogens with zero attached hydrogens (tertiary/aromatic N) is 1. The van der Waals surface area contributed by atoms with Crippen LogP contribution in [0, 0.1) is 0 Å². The van der Waals surface area contributed by atoms with Crippen LogP contribution in [0.5, 0.6) is 0 Å². The number of ether oxygens (including phenoxy) is 1. The molecule has 0 aliphatic carbocycles. The van der Waals surface area contributed by atoms with Crippen LogP contribution in [0.25, 0.3) is 0 Å². The summed E-state index contributed by atoms with van der Waals surface area (Å²) in [5.41, 5.74) is 0. The zero-order valence-electron chi connectivity index (χ0n) is 7.82. The molecule has 2 unspecified atom stereocenters. The third-order valence-electron chi connectivity index (χ3n) is 2.23. The molecule has 1 aliphatic rings. The third-order valence-corrected chi connectivity index (χ3v) is 2.23. The second kappa shape index (κ2) is 4.77. The minimum atomic E-state index is 0.332. The summed E-state index contributed by atoms with van der Waals surface area (Å²) in [6.07, 6.45) is 0.332. The monoisotopic (exact) mass is 174 g/mol.